The molecule has 10 heteroatoms. The molecule has 0 saturated carbocycles. The number of fused-ring (bicyclic) bond motifs is 1. The van der Waals surface area contributed by atoms with Gasteiger partial charge in [0.2, 0.25) is 11.1 Å². The lowest BCUT2D eigenvalue weighted by molar-refractivity contribution is -0.113. The number of carbonyl (C=O) groups excluding carboxylic acids is 1. The SMILES string of the molecule is Cc1c(C#N)c(NC(=O)CSc2nc3ncccn3n2)n(-c2ccc(F)cc2)c1C. The van der Waals surface area contributed by atoms with E-state index in [0.717, 1.165) is 23.0 Å². The molecule has 1 N–H and O–H groups in total. The normalized spacial score (nSPS) is 10.9. The van der Waals surface area contributed by atoms with Crippen LogP contribution in [0.2, 0.25) is 0 Å². The van der Waals surface area contributed by atoms with E-state index in [2.05, 4.69) is 26.5 Å². The molecule has 0 atom stereocenters. The number of nitrogens with one attached hydrogen (secondary N) is 1. The van der Waals surface area contributed by atoms with Gasteiger partial charge in [0.25, 0.3) is 5.78 Å². The van der Waals surface area contributed by atoms with Crippen molar-refractivity contribution >= 4 is 29.3 Å². The zero-order valence-electron chi connectivity index (χ0n) is 16.1. The lowest BCUT2D eigenvalue weighted by Crippen LogP contribution is -2.17. The monoisotopic (exact) mass is 421 g/mol. The third-order valence-electron chi connectivity index (χ3n) is 4.60. The lowest BCUT2D eigenvalue weighted by atomic mass is 10.2. The van der Waals surface area contributed by atoms with E-state index >= 15 is 0 Å². The third-order valence-corrected chi connectivity index (χ3v) is 5.44. The molecule has 0 aliphatic rings. The van der Waals surface area contributed by atoms with E-state index in [0.29, 0.717) is 28.0 Å². The van der Waals surface area contributed by atoms with Gasteiger partial charge in [0, 0.05) is 23.8 Å². The summed E-state index contributed by atoms with van der Waals surface area (Å²) in [6.07, 6.45) is 3.34. The van der Waals surface area contributed by atoms with Crippen LogP contribution in [0.4, 0.5) is 10.2 Å². The van der Waals surface area contributed by atoms with Crippen LogP contribution in [-0.4, -0.2) is 35.8 Å². The zero-order valence-corrected chi connectivity index (χ0v) is 16.9. The van der Waals surface area contributed by atoms with Gasteiger partial charge in [-0.1, -0.05) is 11.8 Å². The van der Waals surface area contributed by atoms with Gasteiger partial charge in [-0.05, 0) is 49.7 Å². The van der Waals surface area contributed by atoms with Crippen LogP contribution in [-0.2, 0) is 4.79 Å². The fourth-order valence-electron chi connectivity index (χ4n) is 3.05. The number of hydrogen-bond donors (Lipinski definition) is 1. The number of rotatable bonds is 5. The maximum absolute atomic E-state index is 13.4. The molecule has 0 unspecified atom stereocenters. The van der Waals surface area contributed by atoms with Crippen molar-refractivity contribution in [1.82, 2.24) is 24.1 Å². The molecule has 0 bridgehead atoms. The summed E-state index contributed by atoms with van der Waals surface area (Å²) in [6.45, 7) is 3.66. The number of anilines is 1. The number of thioether (sulfide) groups is 1. The van der Waals surface area contributed by atoms with E-state index in [9.17, 15) is 14.4 Å². The second-order valence-corrected chi connectivity index (χ2v) is 7.40. The molecule has 4 rings (SSSR count). The molecule has 150 valence electrons. The molecular weight excluding hydrogens is 405 g/mol. The third kappa shape index (κ3) is 3.62. The highest BCUT2D eigenvalue weighted by Crippen LogP contribution is 2.30. The fourth-order valence-corrected chi connectivity index (χ4v) is 3.67. The van der Waals surface area contributed by atoms with Gasteiger partial charge in [-0.25, -0.2) is 13.9 Å². The van der Waals surface area contributed by atoms with Crippen LogP contribution in [0.1, 0.15) is 16.8 Å². The van der Waals surface area contributed by atoms with Crippen LogP contribution in [0.15, 0.2) is 47.9 Å². The molecule has 0 spiro atoms. The number of halogens is 1. The standard InChI is InChI=1S/C20H16FN7OS/c1-12-13(2)28(15-6-4-14(21)5-7-15)18(16(12)10-22)24-17(29)11-30-20-25-19-23-8-3-9-27(19)26-20/h3-9H,11H2,1-2H3,(H,24,29). The number of aromatic nitrogens is 5. The van der Waals surface area contributed by atoms with Gasteiger partial charge in [-0.15, -0.1) is 5.10 Å². The first-order valence-electron chi connectivity index (χ1n) is 8.96. The molecule has 0 fully saturated rings. The van der Waals surface area contributed by atoms with Crippen LogP contribution < -0.4 is 5.32 Å². The quantitative estimate of drug-likeness (QED) is 0.497. The Labute approximate surface area is 175 Å². The Kier molecular flexibility index (Phi) is 5.20. The molecule has 30 heavy (non-hydrogen) atoms. The predicted molar refractivity (Wildman–Crippen MR) is 110 cm³/mol. The first-order chi connectivity index (χ1) is 14.5. The van der Waals surface area contributed by atoms with Crippen LogP contribution in [0.5, 0.6) is 0 Å². The van der Waals surface area contributed by atoms with Gasteiger partial charge in [0.05, 0.1) is 11.3 Å². The zero-order chi connectivity index (χ0) is 21.3. The van der Waals surface area contributed by atoms with Crippen molar-refractivity contribution < 1.29 is 9.18 Å². The molecule has 4 aromatic rings. The summed E-state index contributed by atoms with van der Waals surface area (Å²) in [5.74, 6) is 0.174. The van der Waals surface area contributed by atoms with Crippen molar-refractivity contribution in [1.29, 1.82) is 5.26 Å². The van der Waals surface area contributed by atoms with Crippen molar-refractivity contribution in [2.75, 3.05) is 11.1 Å². The highest BCUT2D eigenvalue weighted by atomic mass is 32.2. The molecule has 0 aliphatic carbocycles. The van der Waals surface area contributed by atoms with E-state index in [1.807, 2.05) is 13.8 Å². The van der Waals surface area contributed by atoms with Crippen LogP contribution in [0, 0.1) is 31.0 Å². The number of amides is 1. The Hall–Kier alpha value is -3.71. The average Bonchev–Trinajstić information content (AvgIpc) is 3.26. The van der Waals surface area contributed by atoms with Gasteiger partial charge in [0.1, 0.15) is 17.7 Å². The van der Waals surface area contributed by atoms with Crippen LogP contribution in [0.3, 0.4) is 0 Å². The Balaban J connectivity index is 1.58. The number of benzene rings is 1. The largest absolute Gasteiger partial charge is 0.310 e. The van der Waals surface area contributed by atoms with Crippen molar-refractivity contribution in [2.45, 2.75) is 19.0 Å². The smallest absolute Gasteiger partial charge is 0.253 e. The molecule has 0 saturated heterocycles. The van der Waals surface area contributed by atoms with Gasteiger partial charge in [0.15, 0.2) is 0 Å². The van der Waals surface area contributed by atoms with E-state index in [1.54, 1.807) is 35.2 Å². The molecule has 1 aromatic carbocycles. The summed E-state index contributed by atoms with van der Waals surface area (Å²) in [5.41, 5.74) is 2.55. The summed E-state index contributed by atoms with van der Waals surface area (Å²) >= 11 is 1.16. The number of hydrogen-bond acceptors (Lipinski definition) is 6. The summed E-state index contributed by atoms with van der Waals surface area (Å²) in [6, 6.07) is 9.75. The summed E-state index contributed by atoms with van der Waals surface area (Å²) in [4.78, 5) is 21.0. The molecule has 0 radical (unpaired) electrons. The van der Waals surface area contributed by atoms with E-state index in [4.69, 9.17) is 0 Å². The Bertz CT molecular complexity index is 1250. The molecule has 0 aliphatic heterocycles. The molecular formula is C20H16FN7OS. The van der Waals surface area contributed by atoms with Crippen molar-refractivity contribution in [3.05, 3.63) is 65.4 Å². The topological polar surface area (TPSA) is 101 Å². The van der Waals surface area contributed by atoms with E-state index in [-0.39, 0.29) is 17.5 Å². The Morgan fingerprint density at radius 1 is 1.30 bits per heavy atom. The first kappa shape index (κ1) is 19.6. The second-order valence-electron chi connectivity index (χ2n) is 6.45. The predicted octanol–water partition coefficient (Wildman–Crippen LogP) is 3.27. The number of nitriles is 1. The van der Waals surface area contributed by atoms with Crippen LogP contribution >= 0.6 is 11.8 Å². The van der Waals surface area contributed by atoms with Crippen LogP contribution in [0.25, 0.3) is 11.5 Å². The van der Waals surface area contributed by atoms with Gasteiger partial charge in [-0.2, -0.15) is 10.2 Å². The second kappa shape index (κ2) is 7.96. The van der Waals surface area contributed by atoms with Crippen molar-refractivity contribution in [2.24, 2.45) is 0 Å². The molecule has 1 amide bonds. The maximum Gasteiger partial charge on any atom is 0.253 e. The first-order valence-corrected chi connectivity index (χ1v) is 9.94. The number of nitrogens with zero attached hydrogens (tertiary/aromatic N) is 6. The minimum absolute atomic E-state index is 0.0500. The fraction of sp³-hybridized carbons (Fsp3) is 0.150. The summed E-state index contributed by atoms with van der Waals surface area (Å²) in [5, 5.41) is 17.1. The van der Waals surface area contributed by atoms with Crippen molar-refractivity contribution in [3.8, 4) is 11.8 Å². The highest BCUT2D eigenvalue weighted by Gasteiger charge is 2.21. The highest BCUT2D eigenvalue weighted by molar-refractivity contribution is 7.99. The Morgan fingerprint density at radius 2 is 2.07 bits per heavy atom. The van der Waals surface area contributed by atoms with Gasteiger partial charge < -0.3 is 5.32 Å². The Morgan fingerprint density at radius 3 is 2.77 bits per heavy atom. The summed E-state index contributed by atoms with van der Waals surface area (Å²) in [7, 11) is 0. The van der Waals surface area contributed by atoms with Gasteiger partial charge >= 0.3 is 0 Å². The van der Waals surface area contributed by atoms with Crippen molar-refractivity contribution in [3.63, 3.8) is 0 Å². The maximum atomic E-state index is 13.4. The average molecular weight is 421 g/mol. The summed E-state index contributed by atoms with van der Waals surface area (Å²) < 4.78 is 16.6. The molecule has 8 nitrogen and oxygen atoms in total. The molecule has 3 heterocycles. The van der Waals surface area contributed by atoms with E-state index in [1.165, 1.54) is 16.6 Å². The molecule has 3 aromatic heterocycles. The number of carbonyl (C=O) groups is 1. The minimum atomic E-state index is -0.364. The van der Waals surface area contributed by atoms with E-state index < -0.39 is 0 Å². The lowest BCUT2D eigenvalue weighted by Gasteiger charge is -2.13. The minimum Gasteiger partial charge on any atom is -0.310 e. The van der Waals surface area contributed by atoms with Gasteiger partial charge in [-0.3, -0.25) is 9.36 Å².